The molecular formula is C18H20N2O2S. The summed E-state index contributed by atoms with van der Waals surface area (Å²) in [7, 11) is 0. The molecule has 2 aliphatic rings. The van der Waals surface area contributed by atoms with Gasteiger partial charge in [-0.05, 0) is 46.4 Å². The number of morpholine rings is 1. The minimum Gasteiger partial charge on any atom is -0.370 e. The molecule has 2 N–H and O–H groups in total. The molecule has 1 aliphatic heterocycles. The first-order chi connectivity index (χ1) is 11.2. The molecule has 0 saturated carbocycles. The van der Waals surface area contributed by atoms with E-state index in [0.29, 0.717) is 32.5 Å². The molecule has 5 heteroatoms. The number of nitrogens with two attached hydrogens (primary N) is 1. The number of ether oxygens (including phenoxy) is 1. The predicted octanol–water partition coefficient (Wildman–Crippen LogP) is 2.14. The maximum atomic E-state index is 13.1. The van der Waals surface area contributed by atoms with E-state index in [-0.39, 0.29) is 12.0 Å². The second-order valence-electron chi connectivity index (χ2n) is 6.45. The third kappa shape index (κ3) is 2.69. The molecule has 1 saturated heterocycles. The Morgan fingerprint density at radius 1 is 1.26 bits per heavy atom. The molecule has 4 nitrogen and oxygen atoms in total. The molecular weight excluding hydrogens is 308 g/mol. The Morgan fingerprint density at radius 3 is 2.65 bits per heavy atom. The summed E-state index contributed by atoms with van der Waals surface area (Å²) in [6.07, 6.45) is 1.22. The van der Waals surface area contributed by atoms with Crippen LogP contribution in [0.25, 0.3) is 0 Å². The second kappa shape index (κ2) is 5.74. The van der Waals surface area contributed by atoms with Gasteiger partial charge in [-0.15, -0.1) is 0 Å². The van der Waals surface area contributed by atoms with E-state index >= 15 is 0 Å². The zero-order chi connectivity index (χ0) is 15.9. The van der Waals surface area contributed by atoms with E-state index < -0.39 is 5.54 Å². The van der Waals surface area contributed by atoms with E-state index in [1.165, 1.54) is 11.1 Å². The van der Waals surface area contributed by atoms with Crippen LogP contribution in [-0.2, 0) is 22.4 Å². The molecule has 0 spiro atoms. The average molecular weight is 328 g/mol. The lowest BCUT2D eigenvalue weighted by molar-refractivity contribution is -0.144. The largest absolute Gasteiger partial charge is 0.370 e. The van der Waals surface area contributed by atoms with Crippen LogP contribution in [0.15, 0.2) is 41.1 Å². The lowest BCUT2D eigenvalue weighted by Gasteiger charge is -2.37. The number of benzene rings is 1. The van der Waals surface area contributed by atoms with Gasteiger partial charge in [0.1, 0.15) is 11.6 Å². The van der Waals surface area contributed by atoms with Gasteiger partial charge in [0.2, 0.25) is 5.91 Å². The summed E-state index contributed by atoms with van der Waals surface area (Å²) in [5, 5.41) is 4.12. The summed E-state index contributed by atoms with van der Waals surface area (Å²) in [5.41, 5.74) is 9.26. The lowest BCUT2D eigenvalue weighted by atomic mass is 9.94. The van der Waals surface area contributed by atoms with Crippen LogP contribution in [0.4, 0.5) is 0 Å². The molecule has 1 aromatic carbocycles. The summed E-state index contributed by atoms with van der Waals surface area (Å²) in [5.74, 6) is 0.0530. The zero-order valence-electron chi connectivity index (χ0n) is 12.9. The quantitative estimate of drug-likeness (QED) is 0.919. The van der Waals surface area contributed by atoms with Crippen molar-refractivity contribution in [3.8, 4) is 0 Å². The van der Waals surface area contributed by atoms with Crippen molar-refractivity contribution in [1.82, 2.24) is 4.90 Å². The van der Waals surface area contributed by atoms with Crippen molar-refractivity contribution < 1.29 is 9.53 Å². The molecule has 1 atom stereocenters. The van der Waals surface area contributed by atoms with E-state index in [9.17, 15) is 4.79 Å². The predicted molar refractivity (Wildman–Crippen MR) is 90.4 cm³/mol. The molecule has 1 fully saturated rings. The third-order valence-electron chi connectivity index (χ3n) is 4.82. The SMILES string of the molecule is NC1(C(=O)N2CCO[C@@H](c3ccsc3)C2)Cc2ccccc2C1. The van der Waals surface area contributed by atoms with Crippen molar-refractivity contribution in [1.29, 1.82) is 0 Å². The Bertz CT molecular complexity index is 689. The highest BCUT2D eigenvalue weighted by Gasteiger charge is 2.43. The Hall–Kier alpha value is -1.69. The third-order valence-corrected chi connectivity index (χ3v) is 5.53. The fourth-order valence-corrected chi connectivity index (χ4v) is 4.31. The van der Waals surface area contributed by atoms with Gasteiger partial charge in [-0.2, -0.15) is 11.3 Å². The molecule has 1 aromatic heterocycles. The van der Waals surface area contributed by atoms with Gasteiger partial charge in [0.05, 0.1) is 13.2 Å². The minimum atomic E-state index is -0.805. The number of thiophene rings is 1. The molecule has 120 valence electrons. The highest BCUT2D eigenvalue weighted by Crippen LogP contribution is 2.31. The van der Waals surface area contributed by atoms with Crippen LogP contribution in [0.3, 0.4) is 0 Å². The highest BCUT2D eigenvalue weighted by molar-refractivity contribution is 7.07. The maximum absolute atomic E-state index is 13.1. The van der Waals surface area contributed by atoms with Crippen molar-refractivity contribution in [3.63, 3.8) is 0 Å². The van der Waals surface area contributed by atoms with E-state index in [1.54, 1.807) is 11.3 Å². The first kappa shape index (κ1) is 14.9. The van der Waals surface area contributed by atoms with Gasteiger partial charge in [-0.1, -0.05) is 24.3 Å². The Kier molecular flexibility index (Phi) is 3.71. The second-order valence-corrected chi connectivity index (χ2v) is 7.23. The molecule has 0 radical (unpaired) electrons. The number of rotatable bonds is 2. The van der Waals surface area contributed by atoms with Crippen LogP contribution in [0, 0.1) is 0 Å². The van der Waals surface area contributed by atoms with Gasteiger partial charge in [0, 0.05) is 6.54 Å². The fourth-order valence-electron chi connectivity index (χ4n) is 3.60. The van der Waals surface area contributed by atoms with E-state index in [4.69, 9.17) is 10.5 Å². The average Bonchev–Trinajstić information content (AvgIpc) is 3.21. The summed E-state index contributed by atoms with van der Waals surface area (Å²) in [4.78, 5) is 14.9. The molecule has 1 amide bonds. The van der Waals surface area contributed by atoms with Crippen molar-refractivity contribution in [2.24, 2.45) is 5.73 Å². The molecule has 2 heterocycles. The molecule has 2 aromatic rings. The molecule has 1 aliphatic carbocycles. The number of carbonyl (C=O) groups is 1. The number of nitrogens with zero attached hydrogens (tertiary/aromatic N) is 1. The van der Waals surface area contributed by atoms with Crippen molar-refractivity contribution >= 4 is 17.2 Å². The Labute approximate surface area is 139 Å². The van der Waals surface area contributed by atoms with Gasteiger partial charge in [-0.25, -0.2) is 0 Å². The van der Waals surface area contributed by atoms with Crippen LogP contribution in [0.5, 0.6) is 0 Å². The van der Waals surface area contributed by atoms with Crippen molar-refractivity contribution in [2.75, 3.05) is 19.7 Å². The van der Waals surface area contributed by atoms with Crippen LogP contribution < -0.4 is 5.73 Å². The van der Waals surface area contributed by atoms with Gasteiger partial charge in [0.25, 0.3) is 0 Å². The lowest BCUT2D eigenvalue weighted by Crippen LogP contribution is -2.58. The van der Waals surface area contributed by atoms with Crippen LogP contribution in [0.2, 0.25) is 0 Å². The van der Waals surface area contributed by atoms with Gasteiger partial charge >= 0.3 is 0 Å². The van der Waals surface area contributed by atoms with Crippen molar-refractivity contribution in [2.45, 2.75) is 24.5 Å². The summed E-state index contributed by atoms with van der Waals surface area (Å²) in [6, 6.07) is 10.2. The fraction of sp³-hybridized carbons (Fsp3) is 0.389. The Balaban J connectivity index is 1.51. The number of carbonyl (C=O) groups excluding carboxylic acids is 1. The van der Waals surface area contributed by atoms with Gasteiger partial charge < -0.3 is 15.4 Å². The number of fused-ring (bicyclic) bond motifs is 1. The molecule has 23 heavy (non-hydrogen) atoms. The minimum absolute atomic E-state index is 0.0358. The maximum Gasteiger partial charge on any atom is 0.243 e. The first-order valence-corrected chi connectivity index (χ1v) is 8.89. The molecule has 0 unspecified atom stereocenters. The van der Waals surface area contributed by atoms with E-state index in [2.05, 4.69) is 23.6 Å². The van der Waals surface area contributed by atoms with Crippen LogP contribution >= 0.6 is 11.3 Å². The smallest absolute Gasteiger partial charge is 0.243 e. The number of amides is 1. The normalized spacial score (nSPS) is 22.8. The van der Waals surface area contributed by atoms with E-state index in [1.807, 2.05) is 22.4 Å². The summed E-state index contributed by atoms with van der Waals surface area (Å²) in [6.45, 7) is 1.77. The molecule has 4 rings (SSSR count). The van der Waals surface area contributed by atoms with Crippen molar-refractivity contribution in [3.05, 3.63) is 57.8 Å². The molecule has 0 bridgehead atoms. The first-order valence-electron chi connectivity index (χ1n) is 7.94. The van der Waals surface area contributed by atoms with Crippen LogP contribution in [-0.4, -0.2) is 36.0 Å². The zero-order valence-corrected chi connectivity index (χ0v) is 13.7. The monoisotopic (exact) mass is 328 g/mol. The summed E-state index contributed by atoms with van der Waals surface area (Å²) < 4.78 is 5.83. The summed E-state index contributed by atoms with van der Waals surface area (Å²) >= 11 is 1.65. The van der Waals surface area contributed by atoms with Gasteiger partial charge in [-0.3, -0.25) is 4.79 Å². The Morgan fingerprint density at radius 2 is 2.00 bits per heavy atom. The topological polar surface area (TPSA) is 55.6 Å². The highest BCUT2D eigenvalue weighted by atomic mass is 32.1. The number of hydrogen-bond donors (Lipinski definition) is 1. The van der Waals surface area contributed by atoms with Gasteiger partial charge in [0.15, 0.2) is 0 Å². The van der Waals surface area contributed by atoms with E-state index in [0.717, 1.165) is 5.56 Å². The van der Waals surface area contributed by atoms with Crippen LogP contribution in [0.1, 0.15) is 22.8 Å². The standard InChI is InChI=1S/C18H20N2O2S/c19-18(9-13-3-1-2-4-14(13)10-18)17(21)20-6-7-22-16(11-20)15-5-8-23-12-15/h1-5,8,12,16H,6-7,9-11,19H2/t16-/m1/s1. The number of hydrogen-bond acceptors (Lipinski definition) is 4.